The maximum Gasteiger partial charge on any atom is 0.419 e. The van der Waals surface area contributed by atoms with Gasteiger partial charge < -0.3 is 14.0 Å². The zero-order chi connectivity index (χ0) is 23.9. The number of methoxy groups -OCH3 is 2. The number of benzene rings is 2. The molecule has 0 aliphatic heterocycles. The van der Waals surface area contributed by atoms with Gasteiger partial charge in [-0.2, -0.15) is 18.3 Å². The number of hydrogen-bond donors (Lipinski definition) is 0. The zero-order valence-electron chi connectivity index (χ0n) is 17.7. The summed E-state index contributed by atoms with van der Waals surface area (Å²) in [4.78, 5) is 13.1. The van der Waals surface area contributed by atoms with E-state index in [4.69, 9.17) is 14.0 Å². The molecule has 11 heteroatoms. The maximum absolute atomic E-state index is 13.7. The quantitative estimate of drug-likeness (QED) is 0.403. The molecule has 0 aliphatic carbocycles. The Morgan fingerprint density at radius 2 is 1.85 bits per heavy atom. The van der Waals surface area contributed by atoms with E-state index in [0.29, 0.717) is 29.2 Å². The van der Waals surface area contributed by atoms with Gasteiger partial charge in [0.2, 0.25) is 5.58 Å². The lowest BCUT2D eigenvalue weighted by Gasteiger charge is -2.13. The molecule has 0 atom stereocenters. The van der Waals surface area contributed by atoms with Crippen LogP contribution in [-0.2, 0) is 12.7 Å². The van der Waals surface area contributed by atoms with Crippen molar-refractivity contribution in [1.82, 2.24) is 14.9 Å². The van der Waals surface area contributed by atoms with E-state index in [-0.39, 0.29) is 34.5 Å². The third-order valence-corrected chi connectivity index (χ3v) is 5.08. The van der Waals surface area contributed by atoms with E-state index >= 15 is 0 Å². The molecule has 4 aromatic rings. The molecule has 0 unspecified atom stereocenters. The van der Waals surface area contributed by atoms with Crippen LogP contribution in [0.2, 0.25) is 0 Å². The molecule has 0 aliphatic rings. The molecule has 0 saturated carbocycles. The van der Waals surface area contributed by atoms with Crippen molar-refractivity contribution in [3.8, 4) is 22.8 Å². The summed E-state index contributed by atoms with van der Waals surface area (Å²) < 4.78 is 70.0. The summed E-state index contributed by atoms with van der Waals surface area (Å²) in [5.41, 5.74) is -0.960. The van der Waals surface area contributed by atoms with E-state index in [2.05, 4.69) is 10.3 Å². The highest BCUT2D eigenvalue weighted by atomic mass is 19.4. The molecule has 2 aromatic carbocycles. The highest BCUT2D eigenvalue weighted by Crippen LogP contribution is 2.36. The van der Waals surface area contributed by atoms with Crippen LogP contribution in [0.5, 0.6) is 11.5 Å². The molecular weight excluding hydrogens is 446 g/mol. The van der Waals surface area contributed by atoms with E-state index in [1.54, 1.807) is 25.1 Å². The average Bonchev–Trinajstić information content (AvgIpc) is 3.17. The predicted octanol–water partition coefficient (Wildman–Crippen LogP) is 4.58. The van der Waals surface area contributed by atoms with Crippen LogP contribution in [0.1, 0.15) is 16.8 Å². The second-order valence-electron chi connectivity index (χ2n) is 7.16. The number of hydrogen-bond acceptors (Lipinski definition) is 6. The normalized spacial score (nSPS) is 11.7. The van der Waals surface area contributed by atoms with E-state index in [1.165, 1.54) is 14.2 Å². The van der Waals surface area contributed by atoms with Gasteiger partial charge in [0.1, 0.15) is 28.4 Å². The maximum atomic E-state index is 13.7. The van der Waals surface area contributed by atoms with E-state index < -0.39 is 23.1 Å². The van der Waals surface area contributed by atoms with Gasteiger partial charge in [0.15, 0.2) is 0 Å². The molecule has 2 heterocycles. The van der Waals surface area contributed by atoms with Gasteiger partial charge in [-0.05, 0) is 36.8 Å². The molecule has 172 valence electrons. The molecule has 0 spiro atoms. The lowest BCUT2D eigenvalue weighted by molar-refractivity contribution is -0.140. The van der Waals surface area contributed by atoms with Crippen molar-refractivity contribution in [1.29, 1.82) is 0 Å². The number of aryl methyl sites for hydroxylation is 1. The molecule has 0 saturated heterocycles. The molecule has 33 heavy (non-hydrogen) atoms. The van der Waals surface area contributed by atoms with E-state index in [9.17, 15) is 22.4 Å². The minimum absolute atomic E-state index is 0.0411. The monoisotopic (exact) mass is 463 g/mol. The van der Waals surface area contributed by atoms with Crippen LogP contribution < -0.4 is 15.0 Å². The zero-order valence-corrected chi connectivity index (χ0v) is 17.7. The average molecular weight is 463 g/mol. The lowest BCUT2D eigenvalue weighted by atomic mass is 10.1. The fraction of sp³-hybridized carbons (Fsp3) is 0.227. The highest BCUT2D eigenvalue weighted by molar-refractivity contribution is 5.92. The van der Waals surface area contributed by atoms with Crippen molar-refractivity contribution in [2.45, 2.75) is 19.6 Å². The summed E-state index contributed by atoms with van der Waals surface area (Å²) in [6, 6.07) is 7.43. The molecular formula is C22H17F4N3O4. The molecule has 7 nitrogen and oxygen atoms in total. The van der Waals surface area contributed by atoms with Crippen molar-refractivity contribution in [2.24, 2.45) is 0 Å². The second kappa shape index (κ2) is 8.23. The fourth-order valence-electron chi connectivity index (χ4n) is 3.46. The van der Waals surface area contributed by atoms with Crippen LogP contribution in [-0.4, -0.2) is 29.2 Å². The summed E-state index contributed by atoms with van der Waals surface area (Å²) in [6.45, 7) is 1.22. The van der Waals surface area contributed by atoms with Crippen molar-refractivity contribution in [3.63, 3.8) is 0 Å². The molecule has 0 bridgehead atoms. The highest BCUT2D eigenvalue weighted by Gasteiger charge is 2.34. The van der Waals surface area contributed by atoms with Gasteiger partial charge >= 0.3 is 6.18 Å². The van der Waals surface area contributed by atoms with E-state index in [1.807, 2.05) is 0 Å². The van der Waals surface area contributed by atoms with Crippen molar-refractivity contribution >= 4 is 11.0 Å². The first kappa shape index (κ1) is 22.3. The topological polar surface area (TPSA) is 79.4 Å². The number of alkyl halides is 3. The Labute approximate surface area is 184 Å². The predicted molar refractivity (Wildman–Crippen MR) is 110 cm³/mol. The van der Waals surface area contributed by atoms with Crippen molar-refractivity contribution < 1.29 is 31.6 Å². The smallest absolute Gasteiger partial charge is 0.419 e. The molecule has 0 N–H and O–H groups in total. The summed E-state index contributed by atoms with van der Waals surface area (Å²) in [6.07, 6.45) is -4.88. The number of fused-ring (bicyclic) bond motifs is 1. The standard InChI is InChI=1S/C22H17F4N3O4/c1-11-18-20(33-28-11)19(14-6-5-13(31-2)9-17(14)32-3)27-29(21(18)30)10-12-4-7-16(23)15(8-12)22(24,25)26/h4-9H,10H2,1-3H3. The Hall–Kier alpha value is -3.89. The number of ether oxygens (including phenoxy) is 2. The van der Waals surface area contributed by atoms with Gasteiger partial charge in [-0.3, -0.25) is 4.79 Å². The third kappa shape index (κ3) is 4.01. The molecule has 2 aromatic heterocycles. The molecule has 0 amide bonds. The van der Waals surface area contributed by atoms with Crippen LogP contribution in [0.15, 0.2) is 45.7 Å². The minimum atomic E-state index is -4.88. The number of rotatable bonds is 5. The van der Waals surface area contributed by atoms with Gasteiger partial charge in [-0.25, -0.2) is 9.07 Å². The van der Waals surface area contributed by atoms with Gasteiger partial charge in [0.05, 0.1) is 32.0 Å². The first-order chi connectivity index (χ1) is 15.6. The van der Waals surface area contributed by atoms with Gasteiger partial charge in [0, 0.05) is 11.6 Å². The first-order valence-corrected chi connectivity index (χ1v) is 9.59. The van der Waals surface area contributed by atoms with Crippen LogP contribution in [0.25, 0.3) is 22.2 Å². The van der Waals surface area contributed by atoms with Crippen molar-refractivity contribution in [2.75, 3.05) is 14.2 Å². The Balaban J connectivity index is 1.91. The Morgan fingerprint density at radius 3 is 2.52 bits per heavy atom. The first-order valence-electron chi connectivity index (χ1n) is 9.59. The summed E-state index contributed by atoms with van der Waals surface area (Å²) >= 11 is 0. The van der Waals surface area contributed by atoms with Gasteiger partial charge in [-0.15, -0.1) is 0 Å². The number of nitrogens with zero attached hydrogens (tertiary/aromatic N) is 3. The minimum Gasteiger partial charge on any atom is -0.497 e. The summed E-state index contributed by atoms with van der Waals surface area (Å²) in [7, 11) is 2.93. The van der Waals surface area contributed by atoms with Gasteiger partial charge in [-0.1, -0.05) is 11.2 Å². The van der Waals surface area contributed by atoms with E-state index in [0.717, 1.165) is 10.7 Å². The Morgan fingerprint density at radius 1 is 1.09 bits per heavy atom. The molecule has 4 rings (SSSR count). The van der Waals surface area contributed by atoms with Crippen LogP contribution in [0, 0.1) is 12.7 Å². The summed E-state index contributed by atoms with van der Waals surface area (Å²) in [5, 5.41) is 8.30. The Bertz CT molecular complexity index is 1410. The van der Waals surface area contributed by atoms with Crippen LogP contribution in [0.4, 0.5) is 17.6 Å². The van der Waals surface area contributed by atoms with Crippen LogP contribution >= 0.6 is 0 Å². The number of aromatic nitrogens is 3. The largest absolute Gasteiger partial charge is 0.497 e. The SMILES string of the molecule is COc1ccc(-c2nn(Cc3ccc(F)c(C(F)(F)F)c3)c(=O)c3c(C)noc23)c(OC)c1. The molecule has 0 fully saturated rings. The number of halogens is 4. The van der Waals surface area contributed by atoms with Gasteiger partial charge in [0.25, 0.3) is 5.56 Å². The summed E-state index contributed by atoms with van der Waals surface area (Å²) in [5.74, 6) is -0.524. The van der Waals surface area contributed by atoms with Crippen molar-refractivity contribution in [3.05, 3.63) is 69.4 Å². The lowest BCUT2D eigenvalue weighted by Crippen LogP contribution is -2.24. The van der Waals surface area contributed by atoms with Crippen LogP contribution in [0.3, 0.4) is 0 Å². The fourth-order valence-corrected chi connectivity index (χ4v) is 3.46. The molecule has 0 radical (unpaired) electrons. The third-order valence-electron chi connectivity index (χ3n) is 5.08. The second-order valence-corrected chi connectivity index (χ2v) is 7.16. The Kier molecular flexibility index (Phi) is 5.56.